The molecule has 1 heterocycles. The molecule has 1 aromatic heterocycles. The van der Waals surface area contributed by atoms with Crippen molar-refractivity contribution < 1.29 is 4.79 Å². The van der Waals surface area contributed by atoms with Gasteiger partial charge in [0.1, 0.15) is 0 Å². The van der Waals surface area contributed by atoms with Crippen LogP contribution in [0.2, 0.25) is 0 Å². The second-order valence-electron chi connectivity index (χ2n) is 4.81. The maximum atomic E-state index is 11.8. The number of benzene rings is 1. The van der Waals surface area contributed by atoms with Crippen LogP contribution in [0.5, 0.6) is 0 Å². The minimum Gasteiger partial charge on any atom is -0.352 e. The molecule has 0 unspecified atom stereocenters. The van der Waals surface area contributed by atoms with Crippen molar-refractivity contribution in [2.24, 2.45) is 0 Å². The van der Waals surface area contributed by atoms with Crippen LogP contribution < -0.4 is 5.32 Å². The largest absolute Gasteiger partial charge is 0.352 e. The maximum Gasteiger partial charge on any atom is 0.251 e. The van der Waals surface area contributed by atoms with Crippen molar-refractivity contribution in [2.75, 3.05) is 6.54 Å². The van der Waals surface area contributed by atoms with Gasteiger partial charge >= 0.3 is 0 Å². The van der Waals surface area contributed by atoms with Crippen LogP contribution in [-0.4, -0.2) is 17.4 Å². The van der Waals surface area contributed by atoms with Gasteiger partial charge in [-0.2, -0.15) is 0 Å². The summed E-state index contributed by atoms with van der Waals surface area (Å²) in [6.45, 7) is 2.83. The van der Waals surface area contributed by atoms with E-state index in [1.165, 1.54) is 17.5 Å². The molecular formula is C17H21ClN2O. The maximum absolute atomic E-state index is 11.8. The van der Waals surface area contributed by atoms with Crippen molar-refractivity contribution in [3.8, 4) is 0 Å². The highest BCUT2D eigenvalue weighted by atomic mass is 35.5. The van der Waals surface area contributed by atoms with Crippen LogP contribution in [0.3, 0.4) is 0 Å². The number of aryl methyl sites for hydroxylation is 1. The van der Waals surface area contributed by atoms with Crippen molar-refractivity contribution in [1.82, 2.24) is 10.3 Å². The van der Waals surface area contributed by atoms with E-state index in [-0.39, 0.29) is 18.3 Å². The highest BCUT2D eigenvalue weighted by Gasteiger charge is 2.03. The van der Waals surface area contributed by atoms with Crippen LogP contribution in [-0.2, 0) is 12.8 Å². The van der Waals surface area contributed by atoms with Gasteiger partial charge < -0.3 is 5.32 Å². The normalized spacial score (nSPS) is 9.76. The third kappa shape index (κ3) is 5.56. The van der Waals surface area contributed by atoms with Gasteiger partial charge in [0.25, 0.3) is 5.91 Å². The number of hydrogen-bond acceptors (Lipinski definition) is 2. The third-order valence-corrected chi connectivity index (χ3v) is 3.20. The first-order chi connectivity index (χ1) is 9.79. The molecule has 2 rings (SSSR count). The van der Waals surface area contributed by atoms with Crippen LogP contribution >= 0.6 is 12.4 Å². The van der Waals surface area contributed by atoms with E-state index in [1.54, 1.807) is 24.5 Å². The van der Waals surface area contributed by atoms with Crippen LogP contribution in [0, 0.1) is 0 Å². The molecule has 0 radical (unpaired) electrons. The lowest BCUT2D eigenvalue weighted by Crippen LogP contribution is -2.25. The molecule has 0 bridgehead atoms. The number of amides is 1. The fourth-order valence-electron chi connectivity index (χ4n) is 2.09. The summed E-state index contributed by atoms with van der Waals surface area (Å²) in [5.74, 6) is -0.0463. The molecule has 0 aliphatic carbocycles. The molecule has 21 heavy (non-hydrogen) atoms. The highest BCUT2D eigenvalue weighted by molar-refractivity contribution is 5.93. The zero-order valence-corrected chi connectivity index (χ0v) is 13.0. The van der Waals surface area contributed by atoms with E-state index in [4.69, 9.17) is 0 Å². The van der Waals surface area contributed by atoms with Gasteiger partial charge in [-0.25, -0.2) is 0 Å². The monoisotopic (exact) mass is 304 g/mol. The second kappa shape index (κ2) is 9.14. The fraction of sp³-hybridized carbons (Fsp3) is 0.294. The molecule has 112 valence electrons. The van der Waals surface area contributed by atoms with Gasteiger partial charge in [0.2, 0.25) is 0 Å². The van der Waals surface area contributed by atoms with Crippen molar-refractivity contribution in [3.63, 3.8) is 0 Å². The Kier molecular flexibility index (Phi) is 7.48. The molecule has 0 aliphatic rings. The van der Waals surface area contributed by atoms with E-state index in [2.05, 4.69) is 41.5 Å². The molecule has 0 atom stereocenters. The molecule has 2 aromatic rings. The van der Waals surface area contributed by atoms with Crippen LogP contribution in [0.1, 0.15) is 34.8 Å². The lowest BCUT2D eigenvalue weighted by atomic mass is 10.1. The first kappa shape index (κ1) is 17.2. The number of nitrogens with zero attached hydrogens (tertiary/aromatic N) is 1. The van der Waals surface area contributed by atoms with Crippen LogP contribution in [0.4, 0.5) is 0 Å². The van der Waals surface area contributed by atoms with Gasteiger partial charge in [-0.15, -0.1) is 12.4 Å². The number of carbonyl (C=O) groups excluding carboxylic acids is 1. The Bertz CT molecular complexity index is 540. The molecule has 1 amide bonds. The van der Waals surface area contributed by atoms with Crippen molar-refractivity contribution in [3.05, 3.63) is 65.5 Å². The van der Waals surface area contributed by atoms with Gasteiger partial charge in [-0.1, -0.05) is 37.6 Å². The van der Waals surface area contributed by atoms with Crippen molar-refractivity contribution >= 4 is 18.3 Å². The summed E-state index contributed by atoms with van der Waals surface area (Å²) in [6.07, 6.45) is 6.40. The van der Waals surface area contributed by atoms with Crippen LogP contribution in [0.15, 0.2) is 48.8 Å². The Morgan fingerprint density at radius 2 is 1.57 bits per heavy atom. The van der Waals surface area contributed by atoms with E-state index < -0.39 is 0 Å². The number of nitrogens with one attached hydrogen (secondary N) is 1. The van der Waals surface area contributed by atoms with E-state index >= 15 is 0 Å². The zero-order valence-electron chi connectivity index (χ0n) is 12.2. The quantitative estimate of drug-likeness (QED) is 0.888. The highest BCUT2D eigenvalue weighted by Crippen LogP contribution is 2.07. The molecule has 1 aromatic carbocycles. The third-order valence-electron chi connectivity index (χ3n) is 3.20. The van der Waals surface area contributed by atoms with E-state index in [1.807, 2.05) is 0 Å². The van der Waals surface area contributed by atoms with Gasteiger partial charge in [0, 0.05) is 24.5 Å². The van der Waals surface area contributed by atoms with Gasteiger partial charge in [-0.3, -0.25) is 9.78 Å². The number of halogens is 1. The average Bonchev–Trinajstić information content (AvgIpc) is 2.50. The Morgan fingerprint density at radius 3 is 2.14 bits per heavy atom. The molecule has 0 fully saturated rings. The van der Waals surface area contributed by atoms with Crippen molar-refractivity contribution in [2.45, 2.75) is 26.2 Å². The molecule has 0 saturated carbocycles. The number of carbonyl (C=O) groups is 1. The first-order valence-electron chi connectivity index (χ1n) is 7.05. The molecule has 0 saturated heterocycles. The summed E-state index contributed by atoms with van der Waals surface area (Å²) in [5.41, 5.74) is 3.27. The lowest BCUT2D eigenvalue weighted by molar-refractivity contribution is 0.0954. The summed E-state index contributed by atoms with van der Waals surface area (Å²) in [7, 11) is 0. The lowest BCUT2D eigenvalue weighted by Gasteiger charge is -2.06. The predicted octanol–water partition coefficient (Wildman–Crippen LogP) is 3.43. The SMILES string of the molecule is CCCc1ccc(CCNC(=O)c2ccncc2)cc1.Cl. The smallest absolute Gasteiger partial charge is 0.251 e. The van der Waals surface area contributed by atoms with Crippen molar-refractivity contribution in [1.29, 1.82) is 0 Å². The molecule has 4 heteroatoms. The number of aromatic nitrogens is 1. The second-order valence-corrected chi connectivity index (χ2v) is 4.81. The Labute approximate surface area is 132 Å². The van der Waals surface area contributed by atoms with E-state index in [0.29, 0.717) is 12.1 Å². The summed E-state index contributed by atoms with van der Waals surface area (Å²) in [6, 6.07) is 12.1. The first-order valence-corrected chi connectivity index (χ1v) is 7.05. The minimum absolute atomic E-state index is 0. The Morgan fingerprint density at radius 1 is 1.00 bits per heavy atom. The fourth-order valence-corrected chi connectivity index (χ4v) is 2.09. The van der Waals surface area contributed by atoms with Gasteiger partial charge in [-0.05, 0) is 36.1 Å². The Balaban J connectivity index is 0.00000220. The minimum atomic E-state index is -0.0463. The number of hydrogen-bond donors (Lipinski definition) is 1. The van der Waals surface area contributed by atoms with Gasteiger partial charge in [0.05, 0.1) is 0 Å². The predicted molar refractivity (Wildman–Crippen MR) is 88.0 cm³/mol. The van der Waals surface area contributed by atoms with E-state index in [9.17, 15) is 4.79 Å². The van der Waals surface area contributed by atoms with Gasteiger partial charge in [0.15, 0.2) is 0 Å². The summed E-state index contributed by atoms with van der Waals surface area (Å²) in [4.78, 5) is 15.7. The standard InChI is InChI=1S/C17H20N2O.ClH/c1-2-3-14-4-6-15(7-5-14)8-13-19-17(20)16-9-11-18-12-10-16;/h4-7,9-12H,2-3,8,13H2,1H3,(H,19,20);1H. The van der Waals surface area contributed by atoms with E-state index in [0.717, 1.165) is 12.8 Å². The average molecular weight is 305 g/mol. The molecule has 3 nitrogen and oxygen atoms in total. The summed E-state index contributed by atoms with van der Waals surface area (Å²) >= 11 is 0. The molecular weight excluding hydrogens is 284 g/mol. The molecule has 1 N–H and O–H groups in total. The summed E-state index contributed by atoms with van der Waals surface area (Å²) in [5, 5.41) is 2.92. The molecule has 0 spiro atoms. The van der Waals surface area contributed by atoms with Crippen LogP contribution in [0.25, 0.3) is 0 Å². The number of pyridine rings is 1. The zero-order chi connectivity index (χ0) is 14.2. The topological polar surface area (TPSA) is 42.0 Å². The summed E-state index contributed by atoms with van der Waals surface area (Å²) < 4.78 is 0. The molecule has 0 aliphatic heterocycles. The Hall–Kier alpha value is -1.87. The number of rotatable bonds is 6.